The highest BCUT2D eigenvalue weighted by Crippen LogP contribution is 2.37. The number of hydrogen-bond acceptors (Lipinski definition) is 7. The third-order valence-electron chi connectivity index (χ3n) is 6.52. The molecule has 0 N–H and O–H groups in total. The lowest BCUT2D eigenvalue weighted by Crippen LogP contribution is -2.39. The number of hydrogen-bond donors (Lipinski definition) is 0. The van der Waals surface area contributed by atoms with E-state index in [0.29, 0.717) is 48.5 Å². The molecule has 2 heterocycles. The van der Waals surface area contributed by atoms with E-state index in [1.807, 2.05) is 38.1 Å². The number of fused-ring (bicyclic) bond motifs is 1. The van der Waals surface area contributed by atoms with Crippen LogP contribution in [0.4, 0.5) is 5.13 Å². The van der Waals surface area contributed by atoms with Gasteiger partial charge in [-0.15, -0.1) is 0 Å². The van der Waals surface area contributed by atoms with Gasteiger partial charge in [-0.3, -0.25) is 9.69 Å². The molecule has 2 aromatic carbocycles. The predicted molar refractivity (Wildman–Crippen MR) is 145 cm³/mol. The van der Waals surface area contributed by atoms with E-state index in [1.54, 1.807) is 28.4 Å². The molecule has 8 nitrogen and oxygen atoms in total. The number of nitrogens with zero attached hydrogens (tertiary/aromatic N) is 4. The second-order valence-corrected chi connectivity index (χ2v) is 12.6. The Morgan fingerprint density at radius 2 is 1.89 bits per heavy atom. The Labute approximate surface area is 217 Å². The molecule has 1 aliphatic rings. The van der Waals surface area contributed by atoms with Gasteiger partial charge in [-0.1, -0.05) is 24.3 Å². The van der Waals surface area contributed by atoms with Gasteiger partial charge in [0.25, 0.3) is 5.91 Å². The van der Waals surface area contributed by atoms with Gasteiger partial charge in [-0.05, 0) is 75.7 Å². The van der Waals surface area contributed by atoms with Crippen molar-refractivity contribution in [3.63, 3.8) is 0 Å². The fourth-order valence-corrected chi connectivity index (χ4v) is 7.08. The minimum Gasteiger partial charge on any atom is -0.494 e. The van der Waals surface area contributed by atoms with Gasteiger partial charge in [0.05, 0.1) is 16.7 Å². The highest BCUT2D eigenvalue weighted by atomic mass is 32.2. The molecule has 1 aromatic heterocycles. The summed E-state index contributed by atoms with van der Waals surface area (Å²) in [5, 5.41) is 0.587. The van der Waals surface area contributed by atoms with Crippen LogP contribution >= 0.6 is 11.3 Å². The summed E-state index contributed by atoms with van der Waals surface area (Å²) in [5.41, 5.74) is 2.22. The monoisotopic (exact) mass is 530 g/mol. The minimum absolute atomic E-state index is 0.216. The minimum atomic E-state index is -3.58. The highest BCUT2D eigenvalue weighted by molar-refractivity contribution is 7.89. The van der Waals surface area contributed by atoms with E-state index in [9.17, 15) is 13.2 Å². The Morgan fingerprint density at radius 3 is 2.53 bits per heavy atom. The van der Waals surface area contributed by atoms with E-state index >= 15 is 0 Å². The number of aromatic nitrogens is 1. The van der Waals surface area contributed by atoms with Crippen molar-refractivity contribution in [2.45, 2.75) is 31.6 Å². The number of methoxy groups -OCH3 is 1. The van der Waals surface area contributed by atoms with Crippen LogP contribution in [-0.2, 0) is 10.0 Å². The first kappa shape index (κ1) is 26.5. The van der Waals surface area contributed by atoms with E-state index in [2.05, 4.69) is 6.92 Å². The average molecular weight is 531 g/mol. The third kappa shape index (κ3) is 5.41. The molecule has 0 unspecified atom stereocenters. The third-order valence-corrected chi connectivity index (χ3v) is 9.61. The normalized spacial score (nSPS) is 17.0. The standard InChI is InChI=1S/C26H34N4O4S2/c1-18-7-6-14-29(17-18)36(32,33)21-11-9-20(10-12-21)25(31)30(16-15-28(3)4)26-27-23-22(34-5)13-8-19(2)24(23)35-26/h8-13,18H,6-7,14-17H2,1-5H3/t18-/m0/s1. The van der Waals surface area contributed by atoms with Crippen molar-refractivity contribution in [1.29, 1.82) is 0 Å². The summed E-state index contributed by atoms with van der Waals surface area (Å²) in [6, 6.07) is 10.1. The van der Waals surface area contributed by atoms with Crippen LogP contribution in [0.2, 0.25) is 0 Å². The number of ether oxygens (including phenoxy) is 1. The molecule has 0 saturated carbocycles. The maximum Gasteiger partial charge on any atom is 0.260 e. The topological polar surface area (TPSA) is 83.0 Å². The van der Waals surface area contributed by atoms with Crippen LogP contribution < -0.4 is 9.64 Å². The molecule has 0 bridgehead atoms. The van der Waals surface area contributed by atoms with Crippen LogP contribution in [0.25, 0.3) is 10.2 Å². The van der Waals surface area contributed by atoms with Crippen molar-refractivity contribution >= 4 is 42.6 Å². The fourth-order valence-electron chi connectivity index (χ4n) is 4.40. The molecule has 1 atom stereocenters. The summed E-state index contributed by atoms with van der Waals surface area (Å²) in [4.78, 5) is 22.3. The van der Waals surface area contributed by atoms with Gasteiger partial charge in [0.1, 0.15) is 11.3 Å². The Kier molecular flexibility index (Phi) is 7.99. The van der Waals surface area contributed by atoms with Crippen molar-refractivity contribution in [3.8, 4) is 5.75 Å². The number of thiazole rings is 1. The van der Waals surface area contributed by atoms with Crippen molar-refractivity contribution < 1.29 is 17.9 Å². The van der Waals surface area contributed by atoms with Gasteiger partial charge in [0.15, 0.2) is 5.13 Å². The number of rotatable bonds is 8. The molecule has 1 amide bonds. The lowest BCUT2D eigenvalue weighted by atomic mass is 10.0. The first-order chi connectivity index (χ1) is 17.1. The average Bonchev–Trinajstić information content (AvgIpc) is 3.30. The molecule has 1 aliphatic heterocycles. The number of benzene rings is 2. The summed E-state index contributed by atoms with van der Waals surface area (Å²) in [6.45, 7) is 6.24. The SMILES string of the molecule is COc1ccc(C)c2sc(N(CCN(C)C)C(=O)c3ccc(S(=O)(=O)N4CCC[C@H](C)C4)cc3)nc12. The quantitative estimate of drug-likeness (QED) is 0.433. The van der Waals surface area contributed by atoms with Crippen LogP contribution in [0, 0.1) is 12.8 Å². The van der Waals surface area contributed by atoms with Crippen molar-refractivity contribution in [1.82, 2.24) is 14.2 Å². The number of sulfonamides is 1. The molecule has 4 rings (SSSR count). The zero-order valence-electron chi connectivity index (χ0n) is 21.5. The van der Waals surface area contributed by atoms with Crippen LogP contribution in [0.1, 0.15) is 35.7 Å². The summed E-state index contributed by atoms with van der Waals surface area (Å²) in [7, 11) is 1.93. The van der Waals surface area contributed by atoms with E-state index in [0.717, 1.165) is 28.6 Å². The molecule has 1 fully saturated rings. The maximum absolute atomic E-state index is 13.7. The smallest absolute Gasteiger partial charge is 0.260 e. The molecular formula is C26H34N4O4S2. The first-order valence-electron chi connectivity index (χ1n) is 12.1. The van der Waals surface area contributed by atoms with Crippen LogP contribution in [0.15, 0.2) is 41.3 Å². The zero-order valence-corrected chi connectivity index (χ0v) is 23.2. The summed E-state index contributed by atoms with van der Waals surface area (Å²) in [6.07, 6.45) is 1.91. The number of likely N-dealkylation sites (N-methyl/N-ethyl adjacent to an activating group) is 1. The van der Waals surface area contributed by atoms with E-state index in [4.69, 9.17) is 9.72 Å². The highest BCUT2D eigenvalue weighted by Gasteiger charge is 2.29. The first-order valence-corrected chi connectivity index (χ1v) is 14.4. The Morgan fingerprint density at radius 1 is 1.17 bits per heavy atom. The molecule has 10 heteroatoms. The van der Waals surface area contributed by atoms with E-state index in [1.165, 1.54) is 23.5 Å². The lowest BCUT2D eigenvalue weighted by molar-refractivity contribution is 0.0985. The van der Waals surface area contributed by atoms with Gasteiger partial charge in [0, 0.05) is 31.7 Å². The Balaban J connectivity index is 1.65. The molecule has 0 aliphatic carbocycles. The molecule has 36 heavy (non-hydrogen) atoms. The van der Waals surface area contributed by atoms with Crippen molar-refractivity contribution in [2.75, 3.05) is 52.3 Å². The number of carbonyl (C=O) groups excluding carboxylic acids is 1. The Bertz CT molecular complexity index is 1340. The fraction of sp³-hybridized carbons (Fsp3) is 0.462. The van der Waals surface area contributed by atoms with E-state index < -0.39 is 10.0 Å². The molecule has 0 radical (unpaired) electrons. The summed E-state index contributed by atoms with van der Waals surface area (Å²) < 4.78 is 34.3. The second kappa shape index (κ2) is 10.8. The Hall–Kier alpha value is -2.53. The maximum atomic E-state index is 13.7. The largest absolute Gasteiger partial charge is 0.494 e. The van der Waals surface area contributed by atoms with Gasteiger partial charge in [0.2, 0.25) is 10.0 Å². The second-order valence-electron chi connectivity index (χ2n) is 9.65. The molecule has 1 saturated heterocycles. The van der Waals surface area contributed by atoms with Crippen LogP contribution in [0.5, 0.6) is 5.75 Å². The molecule has 3 aromatic rings. The van der Waals surface area contributed by atoms with Crippen molar-refractivity contribution in [2.24, 2.45) is 5.92 Å². The van der Waals surface area contributed by atoms with Gasteiger partial charge >= 0.3 is 0 Å². The molecule has 0 spiro atoms. The number of piperidine rings is 1. The van der Waals surface area contributed by atoms with Crippen LogP contribution in [0.3, 0.4) is 0 Å². The lowest BCUT2D eigenvalue weighted by Gasteiger charge is -2.30. The zero-order chi connectivity index (χ0) is 26.0. The number of carbonyl (C=O) groups is 1. The van der Waals surface area contributed by atoms with Gasteiger partial charge < -0.3 is 9.64 Å². The number of amides is 1. The summed E-state index contributed by atoms with van der Waals surface area (Å²) in [5.74, 6) is 0.790. The molecular weight excluding hydrogens is 496 g/mol. The molecule has 194 valence electrons. The van der Waals surface area contributed by atoms with E-state index in [-0.39, 0.29) is 10.8 Å². The summed E-state index contributed by atoms with van der Waals surface area (Å²) >= 11 is 1.46. The van der Waals surface area contributed by atoms with Gasteiger partial charge in [-0.2, -0.15) is 4.31 Å². The number of anilines is 1. The van der Waals surface area contributed by atoms with Crippen LogP contribution in [-0.4, -0.2) is 75.9 Å². The van der Waals surface area contributed by atoms with Crippen molar-refractivity contribution in [3.05, 3.63) is 47.5 Å². The predicted octanol–water partition coefficient (Wildman–Crippen LogP) is 4.24. The number of aryl methyl sites for hydroxylation is 1. The van der Waals surface area contributed by atoms with Gasteiger partial charge in [-0.25, -0.2) is 13.4 Å².